The maximum atomic E-state index is 14.0. The van der Waals surface area contributed by atoms with Crippen LogP contribution in [0.15, 0.2) is 78.9 Å². The van der Waals surface area contributed by atoms with Crippen LogP contribution in [0.3, 0.4) is 0 Å². The van der Waals surface area contributed by atoms with E-state index >= 15 is 0 Å². The fraction of sp³-hybridized carbons (Fsp3) is 0.241. The monoisotopic (exact) mass is 503 g/mol. The molecule has 5 rings (SSSR count). The van der Waals surface area contributed by atoms with E-state index in [1.165, 1.54) is 42.5 Å². The first-order chi connectivity index (χ1) is 18.0. The Labute approximate surface area is 214 Å². The number of carbonyl (C=O) groups is 1. The fourth-order valence-electron chi connectivity index (χ4n) is 4.51. The molecule has 0 saturated carbocycles. The van der Waals surface area contributed by atoms with Gasteiger partial charge in [-0.25, -0.2) is 13.5 Å². The second kappa shape index (κ2) is 10.9. The van der Waals surface area contributed by atoms with Crippen molar-refractivity contribution in [3.8, 4) is 22.9 Å². The van der Waals surface area contributed by atoms with Gasteiger partial charge in [0.25, 0.3) is 5.91 Å². The van der Waals surface area contributed by atoms with E-state index in [2.05, 4.69) is 0 Å². The van der Waals surface area contributed by atoms with Crippen molar-refractivity contribution in [2.45, 2.75) is 25.5 Å². The topological polar surface area (TPSA) is 56.6 Å². The zero-order chi connectivity index (χ0) is 25.8. The van der Waals surface area contributed by atoms with Crippen molar-refractivity contribution in [3.05, 3.63) is 102 Å². The van der Waals surface area contributed by atoms with E-state index in [1.807, 2.05) is 30.3 Å². The molecule has 0 aliphatic carbocycles. The maximum Gasteiger partial charge on any atom is 0.254 e. The van der Waals surface area contributed by atoms with Gasteiger partial charge in [-0.15, -0.1) is 0 Å². The molecule has 1 aliphatic heterocycles. The predicted molar refractivity (Wildman–Crippen MR) is 135 cm³/mol. The molecule has 6 nitrogen and oxygen atoms in total. The quantitative estimate of drug-likeness (QED) is 0.297. The lowest BCUT2D eigenvalue weighted by Crippen LogP contribution is -2.37. The Hall–Kier alpha value is -4.04. The molecule has 1 unspecified atom stereocenters. The molecule has 1 aliphatic rings. The standard InChI is InChI=1S/C29H27F2N3O3/c1-33-29(37-24-14-12-22(30)13-15-24)26(27(32-33)20-7-3-2-4-8-20)19-34(18-25-11-6-16-36-25)28(35)21-9-5-10-23(31)17-21/h2-5,7-10,12-15,17,25H,6,11,16,18-19H2,1H3. The van der Waals surface area contributed by atoms with Crippen molar-refractivity contribution < 1.29 is 23.0 Å². The van der Waals surface area contributed by atoms with E-state index in [4.69, 9.17) is 14.6 Å². The Kier molecular flexibility index (Phi) is 7.28. The lowest BCUT2D eigenvalue weighted by Gasteiger charge is -2.26. The number of aromatic nitrogens is 2. The summed E-state index contributed by atoms with van der Waals surface area (Å²) in [6.07, 6.45) is 1.65. The summed E-state index contributed by atoms with van der Waals surface area (Å²) in [6, 6.07) is 21.0. The number of hydrogen-bond donors (Lipinski definition) is 0. The second-order valence-electron chi connectivity index (χ2n) is 9.01. The molecule has 3 aromatic carbocycles. The van der Waals surface area contributed by atoms with E-state index in [-0.39, 0.29) is 29.9 Å². The van der Waals surface area contributed by atoms with E-state index in [0.29, 0.717) is 36.0 Å². The highest BCUT2D eigenvalue weighted by Gasteiger charge is 2.28. The van der Waals surface area contributed by atoms with Gasteiger partial charge in [0, 0.05) is 31.3 Å². The molecule has 0 spiro atoms. The average Bonchev–Trinajstić information content (AvgIpc) is 3.53. The molecule has 1 aromatic heterocycles. The number of ether oxygens (including phenoxy) is 2. The highest BCUT2D eigenvalue weighted by Crippen LogP contribution is 2.35. The van der Waals surface area contributed by atoms with Crippen LogP contribution in [0.25, 0.3) is 11.3 Å². The average molecular weight is 504 g/mol. The van der Waals surface area contributed by atoms with Crippen LogP contribution >= 0.6 is 0 Å². The third-order valence-electron chi connectivity index (χ3n) is 6.32. The van der Waals surface area contributed by atoms with Gasteiger partial charge in [0.15, 0.2) is 0 Å². The van der Waals surface area contributed by atoms with Crippen LogP contribution < -0.4 is 4.74 Å². The lowest BCUT2D eigenvalue weighted by atomic mass is 10.1. The largest absolute Gasteiger partial charge is 0.439 e. The van der Waals surface area contributed by atoms with Gasteiger partial charge in [-0.3, -0.25) is 4.79 Å². The van der Waals surface area contributed by atoms with Gasteiger partial charge < -0.3 is 14.4 Å². The summed E-state index contributed by atoms with van der Waals surface area (Å²) in [5, 5.41) is 4.71. The van der Waals surface area contributed by atoms with Gasteiger partial charge in [0.2, 0.25) is 5.88 Å². The van der Waals surface area contributed by atoms with Crippen LogP contribution in [-0.2, 0) is 18.3 Å². The first-order valence-corrected chi connectivity index (χ1v) is 12.2. The molecular weight excluding hydrogens is 476 g/mol. The Morgan fingerprint density at radius 2 is 1.84 bits per heavy atom. The number of hydrogen-bond acceptors (Lipinski definition) is 4. The highest BCUT2D eigenvalue weighted by molar-refractivity contribution is 5.94. The molecule has 190 valence electrons. The number of halogens is 2. The van der Waals surface area contributed by atoms with Gasteiger partial charge in [0.1, 0.15) is 23.1 Å². The number of benzene rings is 3. The van der Waals surface area contributed by atoms with Crippen LogP contribution in [0, 0.1) is 11.6 Å². The molecule has 1 fully saturated rings. The molecule has 0 radical (unpaired) electrons. The van der Waals surface area contributed by atoms with Crippen molar-refractivity contribution in [2.75, 3.05) is 13.2 Å². The van der Waals surface area contributed by atoms with E-state index in [9.17, 15) is 13.6 Å². The van der Waals surface area contributed by atoms with Gasteiger partial charge >= 0.3 is 0 Å². The zero-order valence-corrected chi connectivity index (χ0v) is 20.4. The van der Waals surface area contributed by atoms with Crippen molar-refractivity contribution in [1.82, 2.24) is 14.7 Å². The number of aryl methyl sites for hydroxylation is 1. The summed E-state index contributed by atoms with van der Waals surface area (Å²) in [5.41, 5.74) is 2.45. The summed E-state index contributed by atoms with van der Waals surface area (Å²) in [4.78, 5) is 15.3. The van der Waals surface area contributed by atoms with Crippen LogP contribution in [0.1, 0.15) is 28.8 Å². The van der Waals surface area contributed by atoms with Crippen molar-refractivity contribution in [1.29, 1.82) is 0 Å². The van der Waals surface area contributed by atoms with Gasteiger partial charge in [-0.2, -0.15) is 5.10 Å². The van der Waals surface area contributed by atoms with E-state index < -0.39 is 5.82 Å². The summed E-state index contributed by atoms with van der Waals surface area (Å²) in [6.45, 7) is 1.14. The van der Waals surface area contributed by atoms with Gasteiger partial charge in [-0.05, 0) is 55.3 Å². The molecule has 1 atom stereocenters. The number of rotatable bonds is 8. The summed E-state index contributed by atoms with van der Waals surface area (Å²) in [5.74, 6) is -0.298. The zero-order valence-electron chi connectivity index (χ0n) is 20.4. The molecule has 4 aromatic rings. The number of nitrogens with zero attached hydrogens (tertiary/aromatic N) is 3. The summed E-state index contributed by atoms with van der Waals surface area (Å²) < 4.78 is 41.1. The van der Waals surface area contributed by atoms with Gasteiger partial charge in [0.05, 0.1) is 18.2 Å². The van der Waals surface area contributed by atoms with E-state index in [1.54, 1.807) is 22.7 Å². The molecule has 2 heterocycles. The van der Waals surface area contributed by atoms with Crippen molar-refractivity contribution >= 4 is 5.91 Å². The van der Waals surface area contributed by atoms with Crippen LogP contribution in [0.4, 0.5) is 8.78 Å². The number of carbonyl (C=O) groups excluding carboxylic acids is 1. The Bertz CT molecular complexity index is 1370. The van der Waals surface area contributed by atoms with Crippen LogP contribution in [-0.4, -0.2) is 39.8 Å². The molecule has 1 saturated heterocycles. The van der Waals surface area contributed by atoms with Crippen LogP contribution in [0.2, 0.25) is 0 Å². The first-order valence-electron chi connectivity index (χ1n) is 12.2. The van der Waals surface area contributed by atoms with Crippen molar-refractivity contribution in [3.63, 3.8) is 0 Å². The Morgan fingerprint density at radius 3 is 2.54 bits per heavy atom. The lowest BCUT2D eigenvalue weighted by molar-refractivity contribution is 0.0506. The predicted octanol–water partition coefficient (Wildman–Crippen LogP) is 5.98. The minimum absolute atomic E-state index is 0.115. The SMILES string of the molecule is Cn1nc(-c2ccccc2)c(CN(CC2CCCO2)C(=O)c2cccc(F)c2)c1Oc1ccc(F)cc1. The first kappa shape index (κ1) is 24.6. The van der Waals surface area contributed by atoms with E-state index in [0.717, 1.165) is 18.4 Å². The third kappa shape index (κ3) is 5.70. The smallest absolute Gasteiger partial charge is 0.254 e. The number of amides is 1. The molecule has 1 amide bonds. The molecular formula is C29H27F2N3O3. The molecule has 0 N–H and O–H groups in total. The minimum atomic E-state index is -0.477. The third-order valence-corrected chi connectivity index (χ3v) is 6.32. The normalized spacial score (nSPS) is 15.1. The Balaban J connectivity index is 1.56. The molecule has 0 bridgehead atoms. The summed E-state index contributed by atoms with van der Waals surface area (Å²) >= 11 is 0. The van der Waals surface area contributed by atoms with Crippen LogP contribution in [0.5, 0.6) is 11.6 Å². The highest BCUT2D eigenvalue weighted by atomic mass is 19.1. The second-order valence-corrected chi connectivity index (χ2v) is 9.01. The van der Waals surface area contributed by atoms with Crippen molar-refractivity contribution in [2.24, 2.45) is 7.05 Å². The molecule has 37 heavy (non-hydrogen) atoms. The maximum absolute atomic E-state index is 14.0. The fourth-order valence-corrected chi connectivity index (χ4v) is 4.51. The Morgan fingerprint density at radius 1 is 1.05 bits per heavy atom. The molecule has 8 heteroatoms. The minimum Gasteiger partial charge on any atom is -0.439 e. The van der Waals surface area contributed by atoms with Gasteiger partial charge in [-0.1, -0.05) is 36.4 Å². The summed E-state index contributed by atoms with van der Waals surface area (Å²) in [7, 11) is 1.76.